The second-order valence-corrected chi connectivity index (χ2v) is 6.52. The largest absolute Gasteiger partial charge is 0.379 e. The Morgan fingerprint density at radius 1 is 1.17 bits per heavy atom. The predicted molar refractivity (Wildman–Crippen MR) is 93.1 cm³/mol. The summed E-state index contributed by atoms with van der Waals surface area (Å²) in [7, 11) is 0. The van der Waals surface area contributed by atoms with Crippen LogP contribution in [0.25, 0.3) is 0 Å². The summed E-state index contributed by atoms with van der Waals surface area (Å²) in [5.74, 6) is 0.130. The molecule has 2 heterocycles. The van der Waals surface area contributed by atoms with Crippen molar-refractivity contribution in [1.82, 2.24) is 21.1 Å². The molecule has 132 valence electrons. The molecule has 3 rings (SSSR count). The van der Waals surface area contributed by atoms with Crippen LogP contribution in [0, 0.1) is 0 Å². The number of nitrogens with one attached hydrogen (secondary N) is 3. The first-order valence-corrected chi connectivity index (χ1v) is 8.97. The van der Waals surface area contributed by atoms with Crippen LogP contribution in [0.4, 0.5) is 0 Å². The van der Waals surface area contributed by atoms with Crippen LogP contribution in [-0.4, -0.2) is 49.8 Å². The molecule has 2 aliphatic rings. The zero-order chi connectivity index (χ0) is 16.6. The van der Waals surface area contributed by atoms with Crippen molar-refractivity contribution in [2.75, 3.05) is 32.8 Å². The lowest BCUT2D eigenvalue weighted by Gasteiger charge is -2.26. The SMILES string of the molecule is O=C(CCCCN1CCOCC1)NC1CC(c2ccccc2)NN1. The number of hydrazine groups is 1. The Morgan fingerprint density at radius 2 is 1.96 bits per heavy atom. The molecule has 2 aliphatic heterocycles. The van der Waals surface area contributed by atoms with Crippen molar-refractivity contribution < 1.29 is 9.53 Å². The average Bonchev–Trinajstić information content (AvgIpc) is 3.09. The van der Waals surface area contributed by atoms with Crippen LogP contribution >= 0.6 is 0 Å². The first-order valence-electron chi connectivity index (χ1n) is 8.97. The van der Waals surface area contributed by atoms with Gasteiger partial charge in [-0.15, -0.1) is 0 Å². The second kappa shape index (κ2) is 9.13. The monoisotopic (exact) mass is 332 g/mol. The molecule has 2 unspecified atom stereocenters. The topological polar surface area (TPSA) is 65.6 Å². The van der Waals surface area contributed by atoms with E-state index >= 15 is 0 Å². The summed E-state index contributed by atoms with van der Waals surface area (Å²) >= 11 is 0. The summed E-state index contributed by atoms with van der Waals surface area (Å²) in [6.45, 7) is 4.78. The normalized spacial score (nSPS) is 24.8. The third-order valence-corrected chi connectivity index (χ3v) is 4.67. The van der Waals surface area contributed by atoms with Crippen molar-refractivity contribution in [3.05, 3.63) is 35.9 Å². The molecule has 0 aliphatic carbocycles. The number of ether oxygens (including phenoxy) is 1. The first-order chi connectivity index (χ1) is 11.8. The van der Waals surface area contributed by atoms with Crippen molar-refractivity contribution >= 4 is 5.91 Å². The van der Waals surface area contributed by atoms with Gasteiger partial charge < -0.3 is 10.1 Å². The summed E-state index contributed by atoms with van der Waals surface area (Å²) in [6, 6.07) is 10.6. The minimum Gasteiger partial charge on any atom is -0.379 e. The van der Waals surface area contributed by atoms with Gasteiger partial charge in [0.2, 0.25) is 5.91 Å². The van der Waals surface area contributed by atoms with Gasteiger partial charge in [0.15, 0.2) is 0 Å². The van der Waals surface area contributed by atoms with Crippen LogP contribution in [0.2, 0.25) is 0 Å². The fourth-order valence-electron chi connectivity index (χ4n) is 3.27. The van der Waals surface area contributed by atoms with Crippen molar-refractivity contribution in [2.24, 2.45) is 0 Å². The van der Waals surface area contributed by atoms with Crippen LogP contribution in [0.5, 0.6) is 0 Å². The number of unbranched alkanes of at least 4 members (excludes halogenated alkanes) is 1. The van der Waals surface area contributed by atoms with Crippen molar-refractivity contribution in [3.8, 4) is 0 Å². The number of amides is 1. The van der Waals surface area contributed by atoms with Crippen LogP contribution in [0.15, 0.2) is 30.3 Å². The zero-order valence-electron chi connectivity index (χ0n) is 14.2. The van der Waals surface area contributed by atoms with Crippen molar-refractivity contribution in [1.29, 1.82) is 0 Å². The van der Waals surface area contributed by atoms with Crippen molar-refractivity contribution in [3.63, 3.8) is 0 Å². The Labute approximate surface area is 143 Å². The van der Waals surface area contributed by atoms with Gasteiger partial charge in [-0.2, -0.15) is 0 Å². The Hall–Kier alpha value is -1.47. The smallest absolute Gasteiger partial charge is 0.221 e. The highest BCUT2D eigenvalue weighted by molar-refractivity contribution is 5.76. The minimum absolute atomic E-state index is 0.00180. The number of hydrogen-bond acceptors (Lipinski definition) is 5. The molecule has 2 fully saturated rings. The molecule has 3 N–H and O–H groups in total. The van der Waals surface area contributed by atoms with E-state index in [2.05, 4.69) is 33.2 Å². The zero-order valence-corrected chi connectivity index (χ0v) is 14.2. The van der Waals surface area contributed by atoms with E-state index in [1.165, 1.54) is 5.56 Å². The number of nitrogens with zero attached hydrogens (tertiary/aromatic N) is 1. The molecule has 1 aromatic rings. The Bertz CT molecular complexity index is 505. The molecular formula is C18H28N4O2. The summed E-state index contributed by atoms with van der Waals surface area (Å²) in [6.07, 6.45) is 3.46. The summed E-state index contributed by atoms with van der Waals surface area (Å²) < 4.78 is 5.34. The molecule has 2 atom stereocenters. The maximum Gasteiger partial charge on any atom is 0.221 e. The summed E-state index contributed by atoms with van der Waals surface area (Å²) in [5, 5.41) is 3.07. The molecule has 0 bridgehead atoms. The lowest BCUT2D eigenvalue weighted by molar-refractivity contribution is -0.122. The molecule has 1 aromatic carbocycles. The Morgan fingerprint density at radius 3 is 2.75 bits per heavy atom. The standard InChI is InChI=1S/C18H28N4O2/c23-18(8-4-5-9-22-10-12-24-13-11-22)19-17-14-16(20-21-17)15-6-2-1-3-7-15/h1-3,6-7,16-17,20-21H,4-5,8-14H2,(H,19,23). The first kappa shape index (κ1) is 17.4. The highest BCUT2D eigenvalue weighted by Crippen LogP contribution is 2.20. The molecule has 6 heteroatoms. The average molecular weight is 332 g/mol. The Kier molecular flexibility index (Phi) is 6.60. The van der Waals surface area contributed by atoms with Gasteiger partial charge in [-0.25, -0.2) is 10.9 Å². The maximum absolute atomic E-state index is 12.1. The van der Waals surface area contributed by atoms with Crippen molar-refractivity contribution in [2.45, 2.75) is 37.9 Å². The lowest BCUT2D eigenvalue weighted by atomic mass is 10.0. The second-order valence-electron chi connectivity index (χ2n) is 6.52. The fraction of sp³-hybridized carbons (Fsp3) is 0.611. The number of benzene rings is 1. The van der Waals surface area contributed by atoms with Gasteiger partial charge in [-0.3, -0.25) is 9.69 Å². The van der Waals surface area contributed by atoms with E-state index in [1.807, 2.05) is 18.2 Å². The van der Waals surface area contributed by atoms with E-state index in [-0.39, 0.29) is 18.1 Å². The van der Waals surface area contributed by atoms with E-state index < -0.39 is 0 Å². The molecule has 0 spiro atoms. The molecule has 6 nitrogen and oxygen atoms in total. The van der Waals surface area contributed by atoms with Gasteiger partial charge in [-0.05, 0) is 24.9 Å². The van der Waals surface area contributed by atoms with Crippen LogP contribution in [-0.2, 0) is 9.53 Å². The molecular weight excluding hydrogens is 304 g/mol. The van der Waals surface area contributed by atoms with Gasteiger partial charge in [0.1, 0.15) is 0 Å². The fourth-order valence-corrected chi connectivity index (χ4v) is 3.27. The van der Waals surface area contributed by atoms with E-state index in [1.54, 1.807) is 0 Å². The predicted octanol–water partition coefficient (Wildman–Crippen LogP) is 1.17. The van der Waals surface area contributed by atoms with Crippen LogP contribution < -0.4 is 16.2 Å². The quantitative estimate of drug-likeness (QED) is 0.654. The molecule has 0 radical (unpaired) electrons. The molecule has 0 aromatic heterocycles. The highest BCUT2D eigenvalue weighted by atomic mass is 16.5. The number of carbonyl (C=O) groups excluding carboxylic acids is 1. The maximum atomic E-state index is 12.1. The Balaban J connectivity index is 1.29. The molecule has 1 amide bonds. The molecule has 0 saturated carbocycles. The number of carbonyl (C=O) groups is 1. The minimum atomic E-state index is 0.00180. The van der Waals surface area contributed by atoms with Crippen LogP contribution in [0.1, 0.15) is 37.3 Å². The van der Waals surface area contributed by atoms with E-state index in [0.29, 0.717) is 6.42 Å². The molecule has 24 heavy (non-hydrogen) atoms. The van der Waals surface area contributed by atoms with E-state index in [0.717, 1.165) is 52.1 Å². The third-order valence-electron chi connectivity index (χ3n) is 4.67. The van der Waals surface area contributed by atoms with Gasteiger partial charge >= 0.3 is 0 Å². The summed E-state index contributed by atoms with van der Waals surface area (Å²) in [5.41, 5.74) is 7.67. The molecule has 2 saturated heterocycles. The number of hydrogen-bond donors (Lipinski definition) is 3. The van der Waals surface area contributed by atoms with E-state index in [4.69, 9.17) is 4.74 Å². The van der Waals surface area contributed by atoms with Crippen LogP contribution in [0.3, 0.4) is 0 Å². The van der Waals surface area contributed by atoms with Gasteiger partial charge in [0, 0.05) is 32.0 Å². The van der Waals surface area contributed by atoms with Gasteiger partial charge in [-0.1, -0.05) is 30.3 Å². The van der Waals surface area contributed by atoms with Gasteiger partial charge in [0.25, 0.3) is 0 Å². The third kappa shape index (κ3) is 5.27. The number of rotatable bonds is 7. The number of morpholine rings is 1. The van der Waals surface area contributed by atoms with Gasteiger partial charge in [0.05, 0.1) is 19.4 Å². The summed E-state index contributed by atoms with van der Waals surface area (Å²) in [4.78, 5) is 14.5. The van der Waals surface area contributed by atoms with E-state index in [9.17, 15) is 4.79 Å². The lowest BCUT2D eigenvalue weighted by Crippen LogP contribution is -2.44. The highest BCUT2D eigenvalue weighted by Gasteiger charge is 2.25.